The summed E-state index contributed by atoms with van der Waals surface area (Å²) >= 11 is 0. The van der Waals surface area contributed by atoms with E-state index in [0.717, 1.165) is 5.56 Å². The number of aromatic nitrogens is 3. The summed E-state index contributed by atoms with van der Waals surface area (Å²) < 4.78 is 10.1. The molecule has 0 radical (unpaired) electrons. The third-order valence-corrected chi connectivity index (χ3v) is 3.28. The second kappa shape index (κ2) is 6.43. The van der Waals surface area contributed by atoms with Crippen molar-refractivity contribution in [1.82, 2.24) is 20.6 Å². The zero-order chi connectivity index (χ0) is 16.2. The van der Waals surface area contributed by atoms with Crippen LogP contribution in [0.15, 0.2) is 45.4 Å². The molecule has 0 saturated heterocycles. The number of aryl methyl sites for hydroxylation is 1. The van der Waals surface area contributed by atoms with Crippen molar-refractivity contribution in [2.24, 2.45) is 0 Å². The highest BCUT2D eigenvalue weighted by Gasteiger charge is 2.19. The topological polar surface area (TPSA) is 94.1 Å². The third kappa shape index (κ3) is 3.63. The number of carbonyl (C=O) groups is 1. The smallest absolute Gasteiger partial charge is 0.274 e. The van der Waals surface area contributed by atoms with Gasteiger partial charge in [0.05, 0.1) is 12.5 Å². The van der Waals surface area contributed by atoms with Gasteiger partial charge in [0.25, 0.3) is 5.91 Å². The van der Waals surface area contributed by atoms with Crippen LogP contribution in [0.1, 0.15) is 46.5 Å². The van der Waals surface area contributed by atoms with E-state index in [1.165, 1.54) is 0 Å². The molecule has 3 aromatic rings. The van der Waals surface area contributed by atoms with Crippen molar-refractivity contribution in [3.8, 4) is 0 Å². The average Bonchev–Trinajstić information content (AvgIpc) is 3.17. The first-order valence-electron chi connectivity index (χ1n) is 7.22. The van der Waals surface area contributed by atoms with Crippen LogP contribution in [0, 0.1) is 6.92 Å². The number of hydrogen-bond acceptors (Lipinski definition) is 6. The molecule has 0 bridgehead atoms. The summed E-state index contributed by atoms with van der Waals surface area (Å²) in [6.45, 7) is 3.50. The molecular weight excluding hydrogens is 296 g/mol. The Labute approximate surface area is 132 Å². The van der Waals surface area contributed by atoms with E-state index < -0.39 is 6.04 Å². The van der Waals surface area contributed by atoms with Crippen LogP contribution < -0.4 is 5.32 Å². The molecule has 7 heteroatoms. The number of nitrogens with one attached hydrogen (secondary N) is 1. The lowest BCUT2D eigenvalue weighted by molar-refractivity contribution is 0.0928. The summed E-state index contributed by atoms with van der Waals surface area (Å²) in [7, 11) is 0. The van der Waals surface area contributed by atoms with Crippen molar-refractivity contribution in [3.63, 3.8) is 0 Å². The van der Waals surface area contributed by atoms with Crippen LogP contribution in [-0.2, 0) is 6.42 Å². The van der Waals surface area contributed by atoms with E-state index >= 15 is 0 Å². The summed E-state index contributed by atoms with van der Waals surface area (Å²) in [4.78, 5) is 16.3. The van der Waals surface area contributed by atoms with Crippen molar-refractivity contribution in [3.05, 3.63) is 65.1 Å². The summed E-state index contributed by atoms with van der Waals surface area (Å²) in [6.07, 6.45) is 0.553. The fraction of sp³-hybridized carbons (Fsp3) is 0.250. The molecule has 0 unspecified atom stereocenters. The van der Waals surface area contributed by atoms with E-state index in [-0.39, 0.29) is 11.6 Å². The molecule has 2 heterocycles. The number of benzene rings is 1. The lowest BCUT2D eigenvalue weighted by Gasteiger charge is -2.07. The Bertz CT molecular complexity index is 795. The normalized spacial score (nSPS) is 12.1. The van der Waals surface area contributed by atoms with Crippen LogP contribution in [0.5, 0.6) is 0 Å². The summed E-state index contributed by atoms with van der Waals surface area (Å²) in [5.41, 5.74) is 1.31. The van der Waals surface area contributed by atoms with Crippen LogP contribution in [-0.4, -0.2) is 21.2 Å². The molecule has 0 aliphatic heterocycles. The lowest BCUT2D eigenvalue weighted by Crippen LogP contribution is -2.27. The number of amides is 1. The number of hydrogen-bond donors (Lipinski definition) is 1. The Kier molecular flexibility index (Phi) is 4.18. The van der Waals surface area contributed by atoms with Gasteiger partial charge in [0.2, 0.25) is 5.89 Å². The van der Waals surface area contributed by atoms with Gasteiger partial charge in [-0.05, 0) is 19.4 Å². The van der Waals surface area contributed by atoms with Crippen molar-refractivity contribution < 1.29 is 13.8 Å². The largest absolute Gasteiger partial charge is 0.361 e. The van der Waals surface area contributed by atoms with Gasteiger partial charge in [-0.1, -0.05) is 40.6 Å². The molecule has 118 valence electrons. The lowest BCUT2D eigenvalue weighted by atomic mass is 10.1. The Morgan fingerprint density at radius 2 is 2.00 bits per heavy atom. The molecule has 7 nitrogen and oxygen atoms in total. The Balaban J connectivity index is 1.64. The molecule has 0 aliphatic rings. The summed E-state index contributed by atoms with van der Waals surface area (Å²) in [5, 5.41) is 10.3. The molecule has 0 aliphatic carbocycles. The predicted octanol–water partition coefficient (Wildman–Crippen LogP) is 2.45. The average molecular weight is 312 g/mol. The zero-order valence-electron chi connectivity index (χ0n) is 12.8. The van der Waals surface area contributed by atoms with Gasteiger partial charge >= 0.3 is 0 Å². The molecule has 2 aromatic heterocycles. The maximum Gasteiger partial charge on any atom is 0.274 e. The summed E-state index contributed by atoms with van der Waals surface area (Å²) in [5.74, 6) is 1.16. The predicted molar refractivity (Wildman–Crippen MR) is 80.7 cm³/mol. The summed E-state index contributed by atoms with van der Waals surface area (Å²) in [6, 6.07) is 11.0. The van der Waals surface area contributed by atoms with Crippen molar-refractivity contribution >= 4 is 5.91 Å². The van der Waals surface area contributed by atoms with E-state index in [2.05, 4.69) is 20.6 Å². The quantitative estimate of drug-likeness (QED) is 0.777. The minimum Gasteiger partial charge on any atom is -0.361 e. The van der Waals surface area contributed by atoms with Crippen LogP contribution in [0.2, 0.25) is 0 Å². The second-order valence-electron chi connectivity index (χ2n) is 5.23. The minimum atomic E-state index is -0.396. The van der Waals surface area contributed by atoms with E-state index in [0.29, 0.717) is 23.9 Å². The molecular formula is C16H16N4O3. The molecule has 0 spiro atoms. The number of rotatable bonds is 5. The van der Waals surface area contributed by atoms with Crippen LogP contribution in [0.4, 0.5) is 0 Å². The van der Waals surface area contributed by atoms with Gasteiger partial charge in [0, 0.05) is 6.07 Å². The fourth-order valence-corrected chi connectivity index (χ4v) is 2.09. The Morgan fingerprint density at radius 3 is 2.70 bits per heavy atom. The molecule has 1 atom stereocenters. The van der Waals surface area contributed by atoms with Gasteiger partial charge in [-0.2, -0.15) is 4.98 Å². The third-order valence-electron chi connectivity index (χ3n) is 3.28. The highest BCUT2D eigenvalue weighted by molar-refractivity contribution is 5.92. The van der Waals surface area contributed by atoms with Gasteiger partial charge in [0.1, 0.15) is 5.76 Å². The molecule has 3 rings (SSSR count). The maximum absolute atomic E-state index is 12.0. The second-order valence-corrected chi connectivity index (χ2v) is 5.23. The van der Waals surface area contributed by atoms with E-state index in [1.807, 2.05) is 30.3 Å². The first-order chi connectivity index (χ1) is 11.1. The molecule has 1 amide bonds. The standard InChI is InChI=1S/C16H16N4O3/c1-10-8-13(19-22-10)16(21)17-11(2)15-18-14(23-20-15)9-12-6-4-3-5-7-12/h3-8,11H,9H2,1-2H3,(H,17,21)/t11-/m0/s1. The highest BCUT2D eigenvalue weighted by atomic mass is 16.5. The van der Waals surface area contributed by atoms with Gasteiger partial charge in [0.15, 0.2) is 11.5 Å². The molecule has 0 fully saturated rings. The van der Waals surface area contributed by atoms with E-state index in [9.17, 15) is 4.79 Å². The van der Waals surface area contributed by atoms with Gasteiger partial charge in [-0.3, -0.25) is 4.79 Å². The van der Waals surface area contributed by atoms with Gasteiger partial charge < -0.3 is 14.4 Å². The molecule has 0 saturated carbocycles. The SMILES string of the molecule is Cc1cc(C(=O)N[C@@H](C)c2noc(Cc3ccccc3)n2)no1. The van der Waals surface area contributed by atoms with Crippen LogP contribution >= 0.6 is 0 Å². The fourth-order valence-electron chi connectivity index (χ4n) is 2.09. The van der Waals surface area contributed by atoms with Gasteiger partial charge in [-0.25, -0.2) is 0 Å². The molecule has 1 N–H and O–H groups in total. The van der Waals surface area contributed by atoms with Crippen LogP contribution in [0.3, 0.4) is 0 Å². The van der Waals surface area contributed by atoms with Crippen molar-refractivity contribution in [2.75, 3.05) is 0 Å². The van der Waals surface area contributed by atoms with Gasteiger partial charge in [-0.15, -0.1) is 0 Å². The van der Waals surface area contributed by atoms with Crippen molar-refractivity contribution in [1.29, 1.82) is 0 Å². The van der Waals surface area contributed by atoms with Crippen molar-refractivity contribution in [2.45, 2.75) is 26.3 Å². The number of carbonyl (C=O) groups excluding carboxylic acids is 1. The maximum atomic E-state index is 12.0. The molecule has 1 aromatic carbocycles. The number of nitrogens with zero attached hydrogens (tertiary/aromatic N) is 3. The first-order valence-corrected chi connectivity index (χ1v) is 7.22. The Hall–Kier alpha value is -2.96. The van der Waals surface area contributed by atoms with E-state index in [4.69, 9.17) is 9.05 Å². The molecule has 23 heavy (non-hydrogen) atoms. The van der Waals surface area contributed by atoms with Crippen LogP contribution in [0.25, 0.3) is 0 Å². The first kappa shape index (κ1) is 15.0. The highest BCUT2D eigenvalue weighted by Crippen LogP contribution is 2.13. The van der Waals surface area contributed by atoms with E-state index in [1.54, 1.807) is 19.9 Å². The Morgan fingerprint density at radius 1 is 1.22 bits per heavy atom. The minimum absolute atomic E-state index is 0.224. The monoisotopic (exact) mass is 312 g/mol. The zero-order valence-corrected chi connectivity index (χ0v) is 12.8.